The number of amides is 2. The monoisotopic (exact) mass is 389 g/mol. The van der Waals surface area contributed by atoms with Crippen LogP contribution in [0, 0.1) is 0 Å². The van der Waals surface area contributed by atoms with E-state index in [1.165, 1.54) is 18.3 Å². The van der Waals surface area contributed by atoms with Crippen LogP contribution in [0.3, 0.4) is 0 Å². The standard InChI is InChI=1S/C18H16ClN3O5/c1-2-27-15-8-7-11(9-12(15)18(25)26)10-20-22-17(24)16(23)21-14-6-4-3-5-13(14)19/h3-10H,2H2,1H3,(H,21,23)(H,22,24)(H,25,26)/b20-10-. The molecule has 0 aromatic heterocycles. The van der Waals surface area contributed by atoms with E-state index in [1.807, 2.05) is 0 Å². The molecule has 0 spiro atoms. The van der Waals surface area contributed by atoms with Crippen molar-refractivity contribution in [1.82, 2.24) is 5.43 Å². The lowest BCUT2D eigenvalue weighted by atomic mass is 10.1. The molecular formula is C18H16ClN3O5. The van der Waals surface area contributed by atoms with Crippen molar-refractivity contribution in [2.75, 3.05) is 11.9 Å². The average molecular weight is 390 g/mol. The fraction of sp³-hybridized carbons (Fsp3) is 0.111. The molecule has 0 aliphatic heterocycles. The van der Waals surface area contributed by atoms with Crippen molar-refractivity contribution in [3.63, 3.8) is 0 Å². The summed E-state index contributed by atoms with van der Waals surface area (Å²) in [5.41, 5.74) is 2.72. The number of carbonyl (C=O) groups excluding carboxylic acids is 2. The van der Waals surface area contributed by atoms with Gasteiger partial charge < -0.3 is 15.2 Å². The number of benzene rings is 2. The van der Waals surface area contributed by atoms with Gasteiger partial charge in [-0.3, -0.25) is 9.59 Å². The minimum Gasteiger partial charge on any atom is -0.493 e. The van der Waals surface area contributed by atoms with Gasteiger partial charge in [-0.15, -0.1) is 0 Å². The second-order valence-electron chi connectivity index (χ2n) is 5.13. The van der Waals surface area contributed by atoms with Crippen LogP contribution in [0.2, 0.25) is 5.02 Å². The van der Waals surface area contributed by atoms with Crippen LogP contribution < -0.4 is 15.5 Å². The zero-order valence-electron chi connectivity index (χ0n) is 14.2. The van der Waals surface area contributed by atoms with E-state index in [2.05, 4.69) is 15.8 Å². The van der Waals surface area contributed by atoms with E-state index in [-0.39, 0.29) is 16.3 Å². The van der Waals surface area contributed by atoms with E-state index < -0.39 is 17.8 Å². The third-order valence-corrected chi connectivity index (χ3v) is 3.57. The largest absolute Gasteiger partial charge is 0.493 e. The molecule has 0 aliphatic carbocycles. The zero-order valence-corrected chi connectivity index (χ0v) is 15.0. The first-order chi connectivity index (χ1) is 12.9. The van der Waals surface area contributed by atoms with Crippen molar-refractivity contribution in [2.45, 2.75) is 6.92 Å². The number of halogens is 1. The fourth-order valence-corrected chi connectivity index (χ4v) is 2.22. The second kappa shape index (κ2) is 9.35. The lowest BCUT2D eigenvalue weighted by molar-refractivity contribution is -0.136. The molecule has 0 unspecified atom stereocenters. The maximum absolute atomic E-state index is 11.8. The number of hydrogen-bond donors (Lipinski definition) is 3. The van der Waals surface area contributed by atoms with Crippen molar-refractivity contribution >= 4 is 41.3 Å². The summed E-state index contributed by atoms with van der Waals surface area (Å²) in [4.78, 5) is 34.8. The Morgan fingerprint density at radius 3 is 2.59 bits per heavy atom. The molecule has 2 rings (SSSR count). The molecule has 140 valence electrons. The number of aromatic carboxylic acids is 1. The Bertz CT molecular complexity index is 898. The first-order valence-electron chi connectivity index (χ1n) is 7.81. The highest BCUT2D eigenvalue weighted by Gasteiger charge is 2.14. The van der Waals surface area contributed by atoms with Crippen LogP contribution in [0.15, 0.2) is 47.6 Å². The summed E-state index contributed by atoms with van der Waals surface area (Å²) >= 11 is 5.90. The number of nitrogens with zero attached hydrogens (tertiary/aromatic N) is 1. The molecule has 0 heterocycles. The highest BCUT2D eigenvalue weighted by atomic mass is 35.5. The number of anilines is 1. The van der Waals surface area contributed by atoms with E-state index in [9.17, 15) is 19.5 Å². The lowest BCUT2D eigenvalue weighted by Crippen LogP contribution is -2.32. The van der Waals surface area contributed by atoms with Crippen LogP contribution in [0.4, 0.5) is 5.69 Å². The second-order valence-corrected chi connectivity index (χ2v) is 5.53. The molecule has 0 saturated carbocycles. The average Bonchev–Trinajstić information content (AvgIpc) is 2.64. The Morgan fingerprint density at radius 2 is 1.93 bits per heavy atom. The van der Waals surface area contributed by atoms with Gasteiger partial charge in [0.25, 0.3) is 0 Å². The fourth-order valence-electron chi connectivity index (χ4n) is 2.03. The van der Waals surface area contributed by atoms with Gasteiger partial charge in [-0.25, -0.2) is 10.2 Å². The van der Waals surface area contributed by atoms with E-state index in [1.54, 1.807) is 37.3 Å². The number of carbonyl (C=O) groups is 3. The summed E-state index contributed by atoms with van der Waals surface area (Å²) < 4.78 is 5.23. The summed E-state index contributed by atoms with van der Waals surface area (Å²) in [7, 11) is 0. The smallest absolute Gasteiger partial charge is 0.339 e. The molecular weight excluding hydrogens is 374 g/mol. The van der Waals surface area contributed by atoms with E-state index in [0.717, 1.165) is 0 Å². The Morgan fingerprint density at radius 1 is 1.19 bits per heavy atom. The number of nitrogens with one attached hydrogen (secondary N) is 2. The third kappa shape index (κ3) is 5.55. The van der Waals surface area contributed by atoms with Crippen molar-refractivity contribution in [1.29, 1.82) is 0 Å². The Balaban J connectivity index is 2.01. The SMILES string of the molecule is CCOc1ccc(/C=N\NC(=O)C(=O)Nc2ccccc2Cl)cc1C(=O)O. The number of ether oxygens (including phenoxy) is 1. The van der Waals surface area contributed by atoms with E-state index in [4.69, 9.17) is 16.3 Å². The molecule has 0 bridgehead atoms. The van der Waals surface area contributed by atoms with Gasteiger partial charge in [-0.1, -0.05) is 23.7 Å². The van der Waals surface area contributed by atoms with Crippen LogP contribution in [0.25, 0.3) is 0 Å². The van der Waals surface area contributed by atoms with Crippen molar-refractivity contribution in [3.05, 3.63) is 58.6 Å². The highest BCUT2D eigenvalue weighted by Crippen LogP contribution is 2.20. The van der Waals surface area contributed by atoms with Gasteiger partial charge in [-0.2, -0.15) is 5.10 Å². The van der Waals surface area contributed by atoms with Gasteiger partial charge in [0.05, 0.1) is 23.5 Å². The Hall–Kier alpha value is -3.39. The first-order valence-corrected chi connectivity index (χ1v) is 8.19. The molecule has 0 atom stereocenters. The lowest BCUT2D eigenvalue weighted by Gasteiger charge is -2.07. The number of para-hydroxylation sites is 1. The van der Waals surface area contributed by atoms with Crippen molar-refractivity contribution < 1.29 is 24.2 Å². The van der Waals surface area contributed by atoms with Crippen molar-refractivity contribution in [3.8, 4) is 5.75 Å². The van der Waals surface area contributed by atoms with Gasteiger partial charge >= 0.3 is 17.8 Å². The summed E-state index contributed by atoms with van der Waals surface area (Å²) in [6, 6.07) is 10.8. The number of carboxylic acids is 1. The molecule has 0 aliphatic rings. The van der Waals surface area contributed by atoms with Gasteiger partial charge in [0.1, 0.15) is 11.3 Å². The predicted molar refractivity (Wildman–Crippen MR) is 100 cm³/mol. The van der Waals surface area contributed by atoms with Crippen LogP contribution in [-0.4, -0.2) is 35.7 Å². The number of hydrogen-bond acceptors (Lipinski definition) is 5. The first kappa shape index (κ1) is 19.9. The summed E-state index contributed by atoms with van der Waals surface area (Å²) in [6.07, 6.45) is 1.21. The van der Waals surface area contributed by atoms with Gasteiger partial charge in [0, 0.05) is 0 Å². The van der Waals surface area contributed by atoms with Crippen LogP contribution in [0.1, 0.15) is 22.8 Å². The Labute approximate surface area is 159 Å². The summed E-state index contributed by atoms with van der Waals surface area (Å²) in [5.74, 6) is -2.88. The molecule has 8 nitrogen and oxygen atoms in total. The molecule has 2 aromatic rings. The molecule has 3 N–H and O–H groups in total. The molecule has 2 amide bonds. The molecule has 0 saturated heterocycles. The topological polar surface area (TPSA) is 117 Å². The normalized spacial score (nSPS) is 10.4. The minimum absolute atomic E-state index is 0.0383. The molecule has 9 heteroatoms. The van der Waals surface area contributed by atoms with Crippen LogP contribution in [-0.2, 0) is 9.59 Å². The quantitative estimate of drug-likeness (QED) is 0.398. The molecule has 2 aromatic carbocycles. The molecule has 0 radical (unpaired) electrons. The van der Waals surface area contributed by atoms with Crippen LogP contribution in [0.5, 0.6) is 5.75 Å². The van der Waals surface area contributed by atoms with Gasteiger partial charge in [0.2, 0.25) is 0 Å². The maximum Gasteiger partial charge on any atom is 0.339 e. The summed E-state index contributed by atoms with van der Waals surface area (Å²) in [5, 5.41) is 15.5. The predicted octanol–water partition coefficient (Wildman–Crippen LogP) is 2.53. The number of hydrazone groups is 1. The Kier molecular flexibility index (Phi) is 6.90. The summed E-state index contributed by atoms with van der Waals surface area (Å²) in [6.45, 7) is 2.06. The maximum atomic E-state index is 11.8. The van der Waals surface area contributed by atoms with E-state index in [0.29, 0.717) is 17.9 Å². The van der Waals surface area contributed by atoms with Gasteiger partial charge in [0.15, 0.2) is 0 Å². The van der Waals surface area contributed by atoms with E-state index >= 15 is 0 Å². The molecule has 27 heavy (non-hydrogen) atoms. The number of rotatable bonds is 6. The van der Waals surface area contributed by atoms with Crippen LogP contribution >= 0.6 is 11.6 Å². The minimum atomic E-state index is -1.16. The van der Waals surface area contributed by atoms with Gasteiger partial charge in [-0.05, 0) is 42.8 Å². The zero-order chi connectivity index (χ0) is 19.8. The third-order valence-electron chi connectivity index (χ3n) is 3.24. The molecule has 0 fully saturated rings. The highest BCUT2D eigenvalue weighted by molar-refractivity contribution is 6.41. The van der Waals surface area contributed by atoms with Crippen molar-refractivity contribution in [2.24, 2.45) is 5.10 Å². The number of carboxylic acid groups (broad SMARTS) is 1.